The van der Waals surface area contributed by atoms with Gasteiger partial charge in [-0.3, -0.25) is 9.59 Å². The summed E-state index contributed by atoms with van der Waals surface area (Å²) in [5.41, 5.74) is 0.361. The van der Waals surface area contributed by atoms with Crippen molar-refractivity contribution in [3.05, 3.63) is 29.8 Å². The van der Waals surface area contributed by atoms with Crippen molar-refractivity contribution in [3.8, 4) is 0 Å². The van der Waals surface area contributed by atoms with Crippen LogP contribution >= 0.6 is 0 Å². The van der Waals surface area contributed by atoms with Gasteiger partial charge in [0, 0.05) is 25.7 Å². The minimum atomic E-state index is -0.812. The Morgan fingerprint density at radius 3 is 2.89 bits per heavy atom. The highest BCUT2D eigenvalue weighted by molar-refractivity contribution is 5.94. The third-order valence-corrected chi connectivity index (χ3v) is 3.31. The number of aliphatic carboxylic acids is 1. The van der Waals surface area contributed by atoms with Crippen LogP contribution in [0.4, 0.5) is 4.39 Å². The fraction of sp³-hybridized carbons (Fsp3) is 0.462. The predicted molar refractivity (Wildman–Crippen MR) is 65.1 cm³/mol. The molecule has 1 unspecified atom stereocenters. The Morgan fingerprint density at radius 1 is 1.47 bits per heavy atom. The number of hydrogen-bond acceptors (Lipinski definition) is 3. The molecule has 1 amide bonds. The van der Waals surface area contributed by atoms with E-state index >= 15 is 0 Å². The van der Waals surface area contributed by atoms with Crippen molar-refractivity contribution in [2.45, 2.75) is 19.3 Å². The predicted octanol–water partition coefficient (Wildman–Crippen LogP) is 1.55. The van der Waals surface area contributed by atoms with E-state index in [2.05, 4.69) is 4.98 Å². The maximum atomic E-state index is 12.7. The van der Waals surface area contributed by atoms with Crippen LogP contribution in [0, 0.1) is 11.9 Å². The van der Waals surface area contributed by atoms with Crippen molar-refractivity contribution in [2.24, 2.45) is 5.92 Å². The minimum absolute atomic E-state index is 0.130. The molecule has 1 saturated heterocycles. The SMILES string of the molecule is O=C(O)CCC1CCN(C(=O)c2ccc(F)nc2)C1. The number of halogens is 1. The molecule has 102 valence electrons. The van der Waals surface area contributed by atoms with Crippen molar-refractivity contribution in [1.29, 1.82) is 0 Å². The fourth-order valence-corrected chi connectivity index (χ4v) is 2.27. The summed E-state index contributed by atoms with van der Waals surface area (Å²) in [5, 5.41) is 8.63. The molecule has 1 aromatic rings. The number of carboxylic acids is 1. The van der Waals surface area contributed by atoms with Gasteiger partial charge in [0.2, 0.25) is 5.95 Å². The van der Waals surface area contributed by atoms with Crippen molar-refractivity contribution in [2.75, 3.05) is 13.1 Å². The summed E-state index contributed by atoms with van der Waals surface area (Å²) in [4.78, 5) is 27.7. The Morgan fingerprint density at radius 2 is 2.26 bits per heavy atom. The van der Waals surface area contributed by atoms with Crippen LogP contribution in [0.2, 0.25) is 0 Å². The van der Waals surface area contributed by atoms with Crippen LogP contribution in [0.3, 0.4) is 0 Å². The van der Waals surface area contributed by atoms with E-state index in [1.54, 1.807) is 4.90 Å². The molecule has 2 heterocycles. The topological polar surface area (TPSA) is 70.5 Å². The van der Waals surface area contributed by atoms with Gasteiger partial charge in [0.15, 0.2) is 0 Å². The quantitative estimate of drug-likeness (QED) is 0.839. The maximum Gasteiger partial charge on any atom is 0.303 e. The molecule has 1 N–H and O–H groups in total. The van der Waals surface area contributed by atoms with E-state index < -0.39 is 11.9 Å². The number of amides is 1. The Labute approximate surface area is 110 Å². The third kappa shape index (κ3) is 3.49. The second-order valence-corrected chi connectivity index (χ2v) is 4.71. The number of hydrogen-bond donors (Lipinski definition) is 1. The summed E-state index contributed by atoms with van der Waals surface area (Å²) in [7, 11) is 0. The van der Waals surface area contributed by atoms with Crippen molar-refractivity contribution in [1.82, 2.24) is 9.88 Å². The van der Waals surface area contributed by atoms with E-state index in [4.69, 9.17) is 5.11 Å². The first kappa shape index (κ1) is 13.5. The average molecular weight is 266 g/mol. The number of carbonyl (C=O) groups is 2. The lowest BCUT2D eigenvalue weighted by atomic mass is 10.0. The lowest BCUT2D eigenvalue weighted by Gasteiger charge is -2.16. The third-order valence-electron chi connectivity index (χ3n) is 3.31. The molecule has 2 rings (SSSR count). The lowest BCUT2D eigenvalue weighted by molar-refractivity contribution is -0.137. The molecular weight excluding hydrogens is 251 g/mol. The van der Waals surface area contributed by atoms with Crippen LogP contribution in [0.1, 0.15) is 29.6 Å². The highest BCUT2D eigenvalue weighted by Crippen LogP contribution is 2.22. The second-order valence-electron chi connectivity index (χ2n) is 4.71. The monoisotopic (exact) mass is 266 g/mol. The molecule has 5 nitrogen and oxygen atoms in total. The van der Waals surface area contributed by atoms with Gasteiger partial charge in [-0.2, -0.15) is 4.39 Å². The fourth-order valence-electron chi connectivity index (χ4n) is 2.27. The standard InChI is InChI=1S/C13H15FN2O3/c14-11-3-2-10(7-15-11)13(19)16-6-5-9(8-16)1-4-12(17)18/h2-3,7,9H,1,4-6,8H2,(H,17,18). The van der Waals surface area contributed by atoms with Gasteiger partial charge in [0.25, 0.3) is 5.91 Å². The van der Waals surface area contributed by atoms with Gasteiger partial charge in [0.1, 0.15) is 0 Å². The molecule has 1 aliphatic rings. The Hall–Kier alpha value is -1.98. The molecule has 1 atom stereocenters. The first-order valence-electron chi connectivity index (χ1n) is 6.19. The van der Waals surface area contributed by atoms with E-state index in [1.165, 1.54) is 12.3 Å². The van der Waals surface area contributed by atoms with Gasteiger partial charge < -0.3 is 10.0 Å². The first-order chi connectivity index (χ1) is 9.06. The summed E-state index contributed by atoms with van der Waals surface area (Å²) in [5.74, 6) is -1.37. The minimum Gasteiger partial charge on any atom is -0.481 e. The zero-order chi connectivity index (χ0) is 13.8. The summed E-state index contributed by atoms with van der Waals surface area (Å²) in [6, 6.07) is 2.57. The summed E-state index contributed by atoms with van der Waals surface area (Å²) >= 11 is 0. The molecule has 1 fully saturated rings. The highest BCUT2D eigenvalue weighted by Gasteiger charge is 2.27. The number of aromatic nitrogens is 1. The molecule has 0 bridgehead atoms. The first-order valence-corrected chi connectivity index (χ1v) is 6.19. The molecule has 19 heavy (non-hydrogen) atoms. The van der Waals surface area contributed by atoms with E-state index in [-0.39, 0.29) is 18.2 Å². The van der Waals surface area contributed by atoms with E-state index in [0.29, 0.717) is 25.1 Å². The van der Waals surface area contributed by atoms with Crippen LogP contribution in [-0.2, 0) is 4.79 Å². The summed E-state index contributed by atoms with van der Waals surface area (Å²) < 4.78 is 12.7. The zero-order valence-corrected chi connectivity index (χ0v) is 10.4. The van der Waals surface area contributed by atoms with Crippen LogP contribution in [-0.4, -0.2) is 40.0 Å². The number of carbonyl (C=O) groups excluding carboxylic acids is 1. The highest BCUT2D eigenvalue weighted by atomic mass is 19.1. The lowest BCUT2D eigenvalue weighted by Crippen LogP contribution is -2.28. The van der Waals surface area contributed by atoms with Crippen molar-refractivity contribution in [3.63, 3.8) is 0 Å². The van der Waals surface area contributed by atoms with E-state index in [0.717, 1.165) is 12.5 Å². The van der Waals surface area contributed by atoms with Gasteiger partial charge in [-0.05, 0) is 30.9 Å². The second kappa shape index (κ2) is 5.77. The van der Waals surface area contributed by atoms with E-state index in [1.807, 2.05) is 0 Å². The van der Waals surface area contributed by atoms with E-state index in [9.17, 15) is 14.0 Å². The maximum absolute atomic E-state index is 12.7. The smallest absolute Gasteiger partial charge is 0.303 e. The largest absolute Gasteiger partial charge is 0.481 e. The van der Waals surface area contributed by atoms with Gasteiger partial charge in [-0.15, -0.1) is 0 Å². The molecule has 6 heteroatoms. The average Bonchev–Trinajstić information content (AvgIpc) is 2.85. The molecular formula is C13H15FN2O3. The number of nitrogens with zero attached hydrogens (tertiary/aromatic N) is 2. The van der Waals surface area contributed by atoms with Gasteiger partial charge in [-0.25, -0.2) is 4.98 Å². The van der Waals surface area contributed by atoms with Crippen LogP contribution in [0.25, 0.3) is 0 Å². The Balaban J connectivity index is 1.91. The number of pyridine rings is 1. The zero-order valence-electron chi connectivity index (χ0n) is 10.4. The van der Waals surface area contributed by atoms with Crippen LogP contribution in [0.5, 0.6) is 0 Å². The molecule has 1 aromatic heterocycles. The molecule has 0 radical (unpaired) electrons. The molecule has 0 aliphatic carbocycles. The van der Waals surface area contributed by atoms with Gasteiger partial charge >= 0.3 is 5.97 Å². The molecule has 0 spiro atoms. The van der Waals surface area contributed by atoms with Crippen LogP contribution < -0.4 is 0 Å². The summed E-state index contributed by atoms with van der Waals surface area (Å²) in [6.45, 7) is 1.17. The Kier molecular flexibility index (Phi) is 4.09. The number of carboxylic acid groups (broad SMARTS) is 1. The Bertz CT molecular complexity index is 475. The number of rotatable bonds is 4. The molecule has 0 aromatic carbocycles. The van der Waals surface area contributed by atoms with Gasteiger partial charge in [-0.1, -0.05) is 0 Å². The van der Waals surface area contributed by atoms with Gasteiger partial charge in [0.05, 0.1) is 5.56 Å². The molecule has 0 saturated carbocycles. The van der Waals surface area contributed by atoms with Crippen molar-refractivity contribution >= 4 is 11.9 Å². The van der Waals surface area contributed by atoms with Crippen molar-refractivity contribution < 1.29 is 19.1 Å². The normalized spacial score (nSPS) is 18.6. The number of likely N-dealkylation sites (tertiary alicyclic amines) is 1. The summed E-state index contributed by atoms with van der Waals surface area (Å²) in [6.07, 6.45) is 2.75. The van der Waals surface area contributed by atoms with Crippen LogP contribution in [0.15, 0.2) is 18.3 Å². The molecule has 1 aliphatic heterocycles.